The number of hydrogen-bond donors (Lipinski definition) is 0. The van der Waals surface area contributed by atoms with Crippen LogP contribution in [0, 0.1) is 11.3 Å². The summed E-state index contributed by atoms with van der Waals surface area (Å²) in [6.45, 7) is 2.14. The first-order valence-electron chi connectivity index (χ1n) is 5.69. The molecule has 0 saturated carbocycles. The van der Waals surface area contributed by atoms with E-state index in [2.05, 4.69) is 37.3 Å². The fourth-order valence-electron chi connectivity index (χ4n) is 1.58. The van der Waals surface area contributed by atoms with Gasteiger partial charge in [-0.3, -0.25) is 0 Å². The summed E-state index contributed by atoms with van der Waals surface area (Å²) in [5.41, 5.74) is 1.85. The van der Waals surface area contributed by atoms with Gasteiger partial charge in [0.2, 0.25) is 0 Å². The van der Waals surface area contributed by atoms with Crippen LogP contribution in [-0.4, -0.2) is 0 Å². The van der Waals surface area contributed by atoms with E-state index in [4.69, 9.17) is 16.9 Å². The zero-order valence-electron chi connectivity index (χ0n) is 9.98. The molecular formula is C15H12ClNS. The standard InChI is InChI=1S/C15H12ClNS/c1-2-11-3-5-13(6-4-11)18-14-7-8-15(16)12(9-14)10-17/h3-9H,2H2,1H3. The molecule has 90 valence electrons. The van der Waals surface area contributed by atoms with Crippen LogP contribution >= 0.6 is 23.4 Å². The molecule has 2 aromatic rings. The zero-order valence-corrected chi connectivity index (χ0v) is 11.6. The molecular weight excluding hydrogens is 262 g/mol. The minimum Gasteiger partial charge on any atom is -0.192 e. The molecule has 18 heavy (non-hydrogen) atoms. The molecule has 0 bridgehead atoms. The lowest BCUT2D eigenvalue weighted by Gasteiger charge is -2.04. The molecule has 1 nitrogen and oxygen atoms in total. The van der Waals surface area contributed by atoms with E-state index in [9.17, 15) is 0 Å². The lowest BCUT2D eigenvalue weighted by molar-refractivity contribution is 1.13. The molecule has 3 heteroatoms. The van der Waals surface area contributed by atoms with Crippen LogP contribution in [0.4, 0.5) is 0 Å². The quantitative estimate of drug-likeness (QED) is 0.792. The van der Waals surface area contributed by atoms with Crippen LogP contribution in [0.3, 0.4) is 0 Å². The zero-order chi connectivity index (χ0) is 13.0. The van der Waals surface area contributed by atoms with Crippen LogP contribution in [0.5, 0.6) is 0 Å². The molecule has 0 radical (unpaired) electrons. The van der Waals surface area contributed by atoms with Crippen molar-refractivity contribution in [3.05, 3.63) is 58.6 Å². The highest BCUT2D eigenvalue weighted by Crippen LogP contribution is 2.30. The van der Waals surface area contributed by atoms with Crippen molar-refractivity contribution in [2.45, 2.75) is 23.1 Å². The Labute approximate surface area is 116 Å². The predicted molar refractivity (Wildman–Crippen MR) is 76.1 cm³/mol. The number of rotatable bonds is 3. The van der Waals surface area contributed by atoms with E-state index in [0.717, 1.165) is 11.3 Å². The SMILES string of the molecule is CCc1ccc(Sc2ccc(Cl)c(C#N)c2)cc1. The summed E-state index contributed by atoms with van der Waals surface area (Å²) >= 11 is 7.54. The van der Waals surface area contributed by atoms with Crippen molar-refractivity contribution in [2.75, 3.05) is 0 Å². The van der Waals surface area contributed by atoms with Gasteiger partial charge >= 0.3 is 0 Å². The Morgan fingerprint density at radius 3 is 2.39 bits per heavy atom. The van der Waals surface area contributed by atoms with Crippen LogP contribution in [0.2, 0.25) is 5.02 Å². The smallest absolute Gasteiger partial charge is 0.101 e. The van der Waals surface area contributed by atoms with Gasteiger partial charge < -0.3 is 0 Å². The third-order valence-corrected chi connectivity index (χ3v) is 3.95. The number of hydrogen-bond acceptors (Lipinski definition) is 2. The number of nitrogens with zero attached hydrogens (tertiary/aromatic N) is 1. The number of aryl methyl sites for hydroxylation is 1. The number of halogens is 1. The Kier molecular flexibility index (Phi) is 4.30. The predicted octanol–water partition coefficient (Wildman–Crippen LogP) is 4.93. The molecule has 0 aliphatic heterocycles. The number of nitriles is 1. The molecule has 0 aromatic heterocycles. The first kappa shape index (κ1) is 13.0. The summed E-state index contributed by atoms with van der Waals surface area (Å²) in [5.74, 6) is 0. The van der Waals surface area contributed by atoms with Gasteiger partial charge in [0.25, 0.3) is 0 Å². The second kappa shape index (κ2) is 5.95. The maximum Gasteiger partial charge on any atom is 0.101 e. The van der Waals surface area contributed by atoms with E-state index in [1.807, 2.05) is 12.1 Å². The Morgan fingerprint density at radius 1 is 1.11 bits per heavy atom. The van der Waals surface area contributed by atoms with Gasteiger partial charge in [0.05, 0.1) is 10.6 Å². The monoisotopic (exact) mass is 273 g/mol. The molecule has 0 aliphatic rings. The van der Waals surface area contributed by atoms with E-state index in [1.165, 1.54) is 10.5 Å². The summed E-state index contributed by atoms with van der Waals surface area (Å²) in [7, 11) is 0. The average Bonchev–Trinajstić information content (AvgIpc) is 2.42. The van der Waals surface area contributed by atoms with Crippen LogP contribution in [0.25, 0.3) is 0 Å². The Hall–Kier alpha value is -1.43. The van der Waals surface area contributed by atoms with E-state index in [0.29, 0.717) is 10.6 Å². The van der Waals surface area contributed by atoms with Crippen molar-refractivity contribution >= 4 is 23.4 Å². The Bertz CT molecular complexity index is 584. The topological polar surface area (TPSA) is 23.8 Å². The maximum absolute atomic E-state index is 8.93. The van der Waals surface area contributed by atoms with Gasteiger partial charge in [-0.25, -0.2) is 0 Å². The summed E-state index contributed by atoms with van der Waals surface area (Å²) < 4.78 is 0. The molecule has 0 saturated heterocycles. The molecule has 0 amide bonds. The van der Waals surface area contributed by atoms with Crippen molar-refractivity contribution in [1.82, 2.24) is 0 Å². The maximum atomic E-state index is 8.93. The summed E-state index contributed by atoms with van der Waals surface area (Å²) in [6.07, 6.45) is 1.05. The largest absolute Gasteiger partial charge is 0.192 e. The molecule has 0 N–H and O–H groups in total. The highest BCUT2D eigenvalue weighted by atomic mass is 35.5. The molecule has 0 spiro atoms. The van der Waals surface area contributed by atoms with Crippen LogP contribution in [0.15, 0.2) is 52.3 Å². The van der Waals surface area contributed by atoms with Crippen LogP contribution < -0.4 is 0 Å². The average molecular weight is 274 g/mol. The Balaban J connectivity index is 2.20. The van der Waals surface area contributed by atoms with E-state index in [-0.39, 0.29) is 0 Å². The van der Waals surface area contributed by atoms with Gasteiger partial charge in [-0.2, -0.15) is 5.26 Å². The lowest BCUT2D eigenvalue weighted by Crippen LogP contribution is -1.81. The van der Waals surface area contributed by atoms with Gasteiger partial charge in [-0.05, 0) is 42.3 Å². The summed E-state index contributed by atoms with van der Waals surface area (Å²) in [6, 6.07) is 16.1. The van der Waals surface area contributed by atoms with E-state index >= 15 is 0 Å². The highest BCUT2D eigenvalue weighted by Gasteiger charge is 2.03. The molecule has 0 fully saturated rings. The highest BCUT2D eigenvalue weighted by molar-refractivity contribution is 7.99. The molecule has 2 rings (SSSR count). The van der Waals surface area contributed by atoms with Crippen LogP contribution in [-0.2, 0) is 6.42 Å². The van der Waals surface area contributed by atoms with Gasteiger partial charge in [0.15, 0.2) is 0 Å². The van der Waals surface area contributed by atoms with Gasteiger partial charge in [-0.15, -0.1) is 0 Å². The fraction of sp³-hybridized carbons (Fsp3) is 0.133. The fourth-order valence-corrected chi connectivity index (χ4v) is 2.60. The third-order valence-electron chi connectivity index (χ3n) is 2.63. The van der Waals surface area contributed by atoms with Crippen molar-refractivity contribution in [2.24, 2.45) is 0 Å². The van der Waals surface area contributed by atoms with Crippen molar-refractivity contribution in [1.29, 1.82) is 5.26 Å². The van der Waals surface area contributed by atoms with E-state index < -0.39 is 0 Å². The summed E-state index contributed by atoms with van der Waals surface area (Å²) in [5, 5.41) is 9.44. The molecule has 0 aliphatic carbocycles. The second-order valence-corrected chi connectivity index (χ2v) is 5.41. The minimum absolute atomic E-state index is 0.503. The third kappa shape index (κ3) is 3.07. The molecule has 2 aromatic carbocycles. The molecule has 0 atom stereocenters. The summed E-state index contributed by atoms with van der Waals surface area (Å²) in [4.78, 5) is 2.19. The second-order valence-electron chi connectivity index (χ2n) is 3.85. The van der Waals surface area contributed by atoms with Gasteiger partial charge in [0, 0.05) is 9.79 Å². The molecule has 0 unspecified atom stereocenters. The Morgan fingerprint density at radius 2 is 1.78 bits per heavy atom. The lowest BCUT2D eigenvalue weighted by atomic mass is 10.2. The normalized spacial score (nSPS) is 10.1. The first-order valence-corrected chi connectivity index (χ1v) is 6.89. The molecule has 0 heterocycles. The van der Waals surface area contributed by atoms with Crippen molar-refractivity contribution < 1.29 is 0 Å². The minimum atomic E-state index is 0.503. The van der Waals surface area contributed by atoms with Crippen molar-refractivity contribution in [3.63, 3.8) is 0 Å². The van der Waals surface area contributed by atoms with Crippen molar-refractivity contribution in [3.8, 4) is 6.07 Å². The van der Waals surface area contributed by atoms with Gasteiger partial charge in [0.1, 0.15) is 6.07 Å². The first-order chi connectivity index (χ1) is 8.72. The van der Waals surface area contributed by atoms with E-state index in [1.54, 1.807) is 17.8 Å². The van der Waals surface area contributed by atoms with Gasteiger partial charge in [-0.1, -0.05) is 42.4 Å². The van der Waals surface area contributed by atoms with Crippen LogP contribution in [0.1, 0.15) is 18.1 Å². The number of benzene rings is 2.